The minimum Gasteiger partial charge on any atom is -0.394 e. The highest BCUT2D eigenvalue weighted by Gasteiger charge is 2.35. The molecule has 0 bridgehead atoms. The van der Waals surface area contributed by atoms with Crippen molar-refractivity contribution in [2.45, 2.75) is 38.3 Å². The second-order valence-corrected chi connectivity index (χ2v) is 5.88. The van der Waals surface area contributed by atoms with E-state index in [9.17, 15) is 9.59 Å². The fraction of sp³-hybridized carbons (Fsp3) is 0.571. The Bertz CT molecular complexity index is 457. The Morgan fingerprint density at radius 3 is 3.00 bits per heavy atom. The zero-order chi connectivity index (χ0) is 14.5. The van der Waals surface area contributed by atoms with E-state index in [4.69, 9.17) is 5.11 Å². The number of rotatable bonds is 5. The van der Waals surface area contributed by atoms with Crippen LogP contribution in [0.1, 0.15) is 35.9 Å². The molecule has 0 radical (unpaired) electrons. The molecule has 2 N–H and O–H groups in total. The van der Waals surface area contributed by atoms with Crippen LogP contribution >= 0.6 is 11.3 Å². The molecule has 110 valence electrons. The van der Waals surface area contributed by atoms with Crippen LogP contribution in [0.25, 0.3) is 0 Å². The largest absolute Gasteiger partial charge is 0.394 e. The van der Waals surface area contributed by atoms with E-state index in [-0.39, 0.29) is 24.5 Å². The molecule has 0 saturated carbocycles. The van der Waals surface area contributed by atoms with Gasteiger partial charge in [-0.1, -0.05) is 13.0 Å². The fourth-order valence-electron chi connectivity index (χ4n) is 2.40. The van der Waals surface area contributed by atoms with Crippen LogP contribution in [-0.2, 0) is 4.79 Å². The van der Waals surface area contributed by atoms with Crippen LogP contribution in [0.15, 0.2) is 17.5 Å². The molecular weight excluding hydrogens is 276 g/mol. The topological polar surface area (TPSA) is 69.6 Å². The van der Waals surface area contributed by atoms with Gasteiger partial charge in [0.15, 0.2) is 0 Å². The summed E-state index contributed by atoms with van der Waals surface area (Å²) in [6, 6.07) is 2.97. The summed E-state index contributed by atoms with van der Waals surface area (Å²) in [5, 5.41) is 13.8. The number of aliphatic hydroxyl groups excluding tert-OH is 1. The van der Waals surface area contributed by atoms with Crippen molar-refractivity contribution in [3.63, 3.8) is 0 Å². The molecule has 1 fully saturated rings. The molecule has 20 heavy (non-hydrogen) atoms. The van der Waals surface area contributed by atoms with Crippen molar-refractivity contribution < 1.29 is 14.7 Å². The zero-order valence-corrected chi connectivity index (χ0v) is 12.4. The third kappa shape index (κ3) is 3.19. The second kappa shape index (κ2) is 6.85. The van der Waals surface area contributed by atoms with E-state index in [0.29, 0.717) is 24.3 Å². The van der Waals surface area contributed by atoms with Crippen molar-refractivity contribution in [3.8, 4) is 0 Å². The van der Waals surface area contributed by atoms with Crippen LogP contribution in [0, 0.1) is 0 Å². The molecule has 1 aromatic rings. The van der Waals surface area contributed by atoms with E-state index in [0.717, 1.165) is 6.42 Å². The average molecular weight is 296 g/mol. The number of carbonyl (C=O) groups is 2. The third-order valence-corrected chi connectivity index (χ3v) is 4.47. The molecule has 1 aliphatic heterocycles. The normalized spacial score (nSPS) is 19.9. The first-order valence-electron chi connectivity index (χ1n) is 6.93. The van der Waals surface area contributed by atoms with Crippen molar-refractivity contribution in [1.29, 1.82) is 0 Å². The molecule has 5 nitrogen and oxygen atoms in total. The minimum atomic E-state index is -0.412. The number of hydrogen-bond acceptors (Lipinski definition) is 4. The van der Waals surface area contributed by atoms with Gasteiger partial charge < -0.3 is 15.3 Å². The van der Waals surface area contributed by atoms with Crippen molar-refractivity contribution in [2.24, 2.45) is 0 Å². The Labute approximate surface area is 122 Å². The minimum absolute atomic E-state index is 0.0744. The maximum Gasteiger partial charge on any atom is 0.264 e. The van der Waals surface area contributed by atoms with Crippen LogP contribution in [0.2, 0.25) is 0 Å². The number of nitrogens with one attached hydrogen (secondary N) is 1. The van der Waals surface area contributed by atoms with Gasteiger partial charge in [0.25, 0.3) is 5.91 Å². The summed E-state index contributed by atoms with van der Waals surface area (Å²) in [4.78, 5) is 26.9. The third-order valence-electron chi connectivity index (χ3n) is 3.61. The summed E-state index contributed by atoms with van der Waals surface area (Å²) < 4.78 is 0. The molecule has 6 heteroatoms. The summed E-state index contributed by atoms with van der Waals surface area (Å²) in [5.41, 5.74) is 0. The molecule has 0 aromatic carbocycles. The van der Waals surface area contributed by atoms with E-state index in [1.54, 1.807) is 11.0 Å². The molecule has 1 unspecified atom stereocenters. The molecule has 2 atom stereocenters. The lowest BCUT2D eigenvalue weighted by atomic mass is 10.1. The highest BCUT2D eigenvalue weighted by atomic mass is 32.1. The number of thiophene rings is 1. The van der Waals surface area contributed by atoms with Gasteiger partial charge in [-0.25, -0.2) is 0 Å². The lowest BCUT2D eigenvalue weighted by Gasteiger charge is -2.25. The number of amides is 2. The molecule has 2 rings (SSSR count). The van der Waals surface area contributed by atoms with Gasteiger partial charge in [-0.2, -0.15) is 0 Å². The Morgan fingerprint density at radius 2 is 2.40 bits per heavy atom. The summed E-state index contributed by atoms with van der Waals surface area (Å²) in [6.07, 6.45) is 2.20. The van der Waals surface area contributed by atoms with Crippen LogP contribution in [-0.4, -0.2) is 47.1 Å². The number of nitrogens with zero attached hydrogens (tertiary/aromatic N) is 1. The highest BCUT2D eigenvalue weighted by molar-refractivity contribution is 7.12. The quantitative estimate of drug-likeness (QED) is 0.859. The standard InChI is InChI=1S/C14H20N2O3S/c1-2-10(9-17)15-13(18)11-5-3-7-16(11)14(19)12-6-4-8-20-12/h4,6,8,10-11,17H,2-3,5,7,9H2,1H3,(H,15,18)/t10?,11-/m0/s1. The Hall–Kier alpha value is -1.40. The van der Waals surface area contributed by atoms with Gasteiger partial charge in [-0.3, -0.25) is 9.59 Å². The Morgan fingerprint density at radius 1 is 1.60 bits per heavy atom. The smallest absolute Gasteiger partial charge is 0.264 e. The van der Waals surface area contributed by atoms with Crippen molar-refractivity contribution in [1.82, 2.24) is 10.2 Å². The van der Waals surface area contributed by atoms with Crippen LogP contribution in [0.4, 0.5) is 0 Å². The summed E-state index contributed by atoms with van der Waals surface area (Å²) in [5.74, 6) is -0.233. The Kier molecular flexibility index (Phi) is 5.14. The lowest BCUT2D eigenvalue weighted by molar-refractivity contribution is -0.125. The highest BCUT2D eigenvalue weighted by Crippen LogP contribution is 2.22. The molecule has 0 spiro atoms. The number of hydrogen-bond donors (Lipinski definition) is 2. The average Bonchev–Trinajstić information content (AvgIpc) is 3.13. The van der Waals surface area contributed by atoms with E-state index in [2.05, 4.69) is 5.32 Å². The van der Waals surface area contributed by atoms with Crippen LogP contribution in [0.5, 0.6) is 0 Å². The Balaban J connectivity index is 2.03. The van der Waals surface area contributed by atoms with Gasteiger partial charge in [0.1, 0.15) is 6.04 Å². The van der Waals surface area contributed by atoms with E-state index in [1.807, 2.05) is 18.4 Å². The van der Waals surface area contributed by atoms with E-state index >= 15 is 0 Å². The summed E-state index contributed by atoms with van der Waals surface area (Å²) >= 11 is 1.39. The number of likely N-dealkylation sites (tertiary alicyclic amines) is 1. The first-order valence-corrected chi connectivity index (χ1v) is 7.81. The van der Waals surface area contributed by atoms with Gasteiger partial charge in [0, 0.05) is 6.54 Å². The zero-order valence-electron chi connectivity index (χ0n) is 11.5. The maximum atomic E-state index is 12.4. The van der Waals surface area contributed by atoms with Crippen LogP contribution in [0.3, 0.4) is 0 Å². The predicted molar refractivity (Wildman–Crippen MR) is 77.7 cm³/mol. The molecule has 1 aromatic heterocycles. The van der Waals surface area contributed by atoms with Gasteiger partial charge in [0.2, 0.25) is 5.91 Å². The van der Waals surface area contributed by atoms with Crippen molar-refractivity contribution in [2.75, 3.05) is 13.2 Å². The van der Waals surface area contributed by atoms with E-state index in [1.165, 1.54) is 11.3 Å². The van der Waals surface area contributed by atoms with Crippen LogP contribution < -0.4 is 5.32 Å². The molecule has 1 aliphatic rings. The fourth-order valence-corrected chi connectivity index (χ4v) is 3.08. The van der Waals surface area contributed by atoms with Crippen molar-refractivity contribution >= 4 is 23.2 Å². The molecule has 0 aliphatic carbocycles. The molecule has 2 heterocycles. The van der Waals surface area contributed by atoms with Gasteiger partial charge >= 0.3 is 0 Å². The SMILES string of the molecule is CCC(CO)NC(=O)[C@@H]1CCCN1C(=O)c1cccs1. The first kappa shape index (κ1) is 15.0. The molecule has 2 amide bonds. The first-order chi connectivity index (χ1) is 9.67. The maximum absolute atomic E-state index is 12.4. The number of aliphatic hydroxyl groups is 1. The molecular formula is C14H20N2O3S. The van der Waals surface area contributed by atoms with Gasteiger partial charge in [-0.15, -0.1) is 11.3 Å². The monoisotopic (exact) mass is 296 g/mol. The number of carbonyl (C=O) groups excluding carboxylic acids is 2. The van der Waals surface area contributed by atoms with E-state index < -0.39 is 6.04 Å². The van der Waals surface area contributed by atoms with Crippen molar-refractivity contribution in [3.05, 3.63) is 22.4 Å². The van der Waals surface area contributed by atoms with Gasteiger partial charge in [0.05, 0.1) is 17.5 Å². The molecule has 1 saturated heterocycles. The summed E-state index contributed by atoms with van der Waals surface area (Å²) in [7, 11) is 0. The lowest BCUT2D eigenvalue weighted by Crippen LogP contribution is -2.49. The van der Waals surface area contributed by atoms with Gasteiger partial charge in [-0.05, 0) is 30.7 Å². The predicted octanol–water partition coefficient (Wildman–Crippen LogP) is 1.24. The second-order valence-electron chi connectivity index (χ2n) is 4.93. The summed E-state index contributed by atoms with van der Waals surface area (Å²) in [6.45, 7) is 2.45.